The highest BCUT2D eigenvalue weighted by atomic mass is 35.5. The van der Waals surface area contributed by atoms with E-state index in [2.05, 4.69) is 35.8 Å². The summed E-state index contributed by atoms with van der Waals surface area (Å²) in [5, 5.41) is 13.5. The molecule has 0 bridgehead atoms. The fourth-order valence-electron chi connectivity index (χ4n) is 5.09. The molecule has 0 fully saturated rings. The Labute approximate surface area is 405 Å². The van der Waals surface area contributed by atoms with Crippen molar-refractivity contribution in [3.8, 4) is 0 Å². The summed E-state index contributed by atoms with van der Waals surface area (Å²) in [5.41, 5.74) is 9.75. The third-order valence-electron chi connectivity index (χ3n) is 8.53. The van der Waals surface area contributed by atoms with Crippen molar-refractivity contribution in [1.82, 2.24) is 34.9 Å². The van der Waals surface area contributed by atoms with Crippen molar-refractivity contribution >= 4 is 68.9 Å². The fraction of sp³-hybridized carbons (Fsp3) is 0.106. The molecule has 5 N–H and O–H groups in total. The Morgan fingerprint density at radius 2 is 1.04 bits per heavy atom. The monoisotopic (exact) mass is 1010 g/mol. The molecule has 0 saturated carbocycles. The fourth-order valence-corrected chi connectivity index (χ4v) is 5.57. The van der Waals surface area contributed by atoms with Gasteiger partial charge in [0.2, 0.25) is 0 Å². The number of nitrogen functional groups attached to an aromatic ring is 1. The first-order chi connectivity index (χ1) is 32.9. The smallest absolute Gasteiger partial charge is 0.397 e. The second-order valence-corrected chi connectivity index (χ2v) is 14.6. The Morgan fingerprint density at radius 3 is 1.36 bits per heavy atom. The highest BCUT2D eigenvalue weighted by molar-refractivity contribution is 6.67. The summed E-state index contributed by atoms with van der Waals surface area (Å²) in [4.78, 5) is 46.1. The summed E-state index contributed by atoms with van der Waals surface area (Å²) >= 11 is 16.4. The number of carbonyl (C=O) groups is 3. The van der Waals surface area contributed by atoms with Gasteiger partial charge in [-0.25, -0.2) is 0 Å². The standard InChI is InChI=1S/C17H13F3N4O.C13H11ClN2O.C8H6Cl2O.C5H6N2.C4H3F3N2/c18-17(19,20)15-7-9-24(23-15)11-12-3-5-13(6-4-12)16(25)22-14-2-1-8-21-10-14;14-8-10-3-5-11(6-4-10)13(17)16-12-2-1-7-15-9-12;9-5-6-1-3-7(4-2-6)8(10)11;6-5-2-1-3-7-4-5;5-4(6,7)3-1-2-8-9-3/h1-10H,11H2,(H,22,25);1-7,9H,8H2,(H,16,17);1-4H,5H2;1-4H,6H2;1-2H,(H,8,9). The van der Waals surface area contributed by atoms with Crippen molar-refractivity contribution < 1.29 is 40.7 Å². The molecule has 8 aromatic rings. The van der Waals surface area contributed by atoms with Crippen LogP contribution in [0.4, 0.5) is 43.4 Å². The van der Waals surface area contributed by atoms with E-state index in [-0.39, 0.29) is 18.4 Å². The molecule has 3 aromatic carbocycles. The van der Waals surface area contributed by atoms with Gasteiger partial charge in [0.1, 0.15) is 5.69 Å². The number of H-pyrrole nitrogens is 1. The number of halogens is 9. The molecule has 69 heavy (non-hydrogen) atoms. The number of aromatic nitrogens is 7. The van der Waals surface area contributed by atoms with Crippen LogP contribution in [0.15, 0.2) is 171 Å². The topological polar surface area (TPSA) is 186 Å². The van der Waals surface area contributed by atoms with Crippen molar-refractivity contribution in [1.29, 1.82) is 0 Å². The van der Waals surface area contributed by atoms with Gasteiger partial charge in [0.05, 0.1) is 36.0 Å². The first kappa shape index (κ1) is 54.0. The van der Waals surface area contributed by atoms with Crippen LogP contribution >= 0.6 is 34.8 Å². The third-order valence-corrected chi connectivity index (χ3v) is 9.36. The molecule has 13 nitrogen and oxygen atoms in total. The predicted molar refractivity (Wildman–Crippen MR) is 252 cm³/mol. The molecule has 0 atom stereocenters. The maximum atomic E-state index is 12.5. The second kappa shape index (κ2) is 27.3. The Hall–Kier alpha value is -7.61. The minimum absolute atomic E-state index is 0.154. The SMILES string of the molecule is FC(F)(F)c1ccn[nH]1.Nc1cccnc1.O=C(Cl)c1ccc(CCl)cc1.O=C(Nc1cccnc1)c1ccc(CCl)cc1.O=C(Nc1cccnc1)c1ccc(Cn2ccc(C(F)(F)F)n2)cc1. The predicted octanol–water partition coefficient (Wildman–Crippen LogP) is 11.6. The summed E-state index contributed by atoms with van der Waals surface area (Å²) in [5.74, 6) is 0.457. The van der Waals surface area contributed by atoms with Gasteiger partial charge in [-0.3, -0.25) is 39.1 Å². The summed E-state index contributed by atoms with van der Waals surface area (Å²) in [7, 11) is 0. The number of alkyl halides is 8. The number of hydrogen-bond acceptors (Lipinski definition) is 9. The van der Waals surface area contributed by atoms with Crippen molar-refractivity contribution in [3.63, 3.8) is 0 Å². The number of carbonyl (C=O) groups excluding carboxylic acids is 3. The van der Waals surface area contributed by atoms with E-state index < -0.39 is 29.0 Å². The number of nitrogens with two attached hydrogens (primary N) is 1. The zero-order chi connectivity index (χ0) is 50.2. The van der Waals surface area contributed by atoms with Gasteiger partial charge in [-0.1, -0.05) is 36.4 Å². The van der Waals surface area contributed by atoms with E-state index >= 15 is 0 Å². The van der Waals surface area contributed by atoms with Gasteiger partial charge in [0, 0.05) is 65.6 Å². The van der Waals surface area contributed by atoms with E-state index in [0.717, 1.165) is 35.0 Å². The number of rotatable bonds is 9. The molecule has 5 aromatic heterocycles. The molecular weight excluding hydrogens is 973 g/mol. The molecule has 0 spiro atoms. The molecule has 0 aliphatic carbocycles. The number of hydrogen-bond donors (Lipinski definition) is 4. The Balaban J connectivity index is 0.000000203. The zero-order valence-electron chi connectivity index (χ0n) is 35.7. The van der Waals surface area contributed by atoms with E-state index in [0.29, 0.717) is 45.5 Å². The van der Waals surface area contributed by atoms with Crippen LogP contribution in [-0.4, -0.2) is 52.0 Å². The van der Waals surface area contributed by atoms with Crippen LogP contribution in [0.2, 0.25) is 0 Å². The first-order valence-corrected chi connectivity index (χ1v) is 21.2. The van der Waals surface area contributed by atoms with Crippen LogP contribution in [0, 0.1) is 0 Å². The molecule has 0 aliphatic rings. The average Bonchev–Trinajstić information content (AvgIpc) is 4.08. The summed E-state index contributed by atoms with van der Waals surface area (Å²) in [6, 6.07) is 33.0. The number of anilines is 3. The Bertz CT molecular complexity index is 2750. The third kappa shape index (κ3) is 19.6. The van der Waals surface area contributed by atoms with Gasteiger partial charge < -0.3 is 16.4 Å². The molecule has 0 unspecified atom stereocenters. The number of pyridine rings is 3. The lowest BCUT2D eigenvalue weighted by molar-refractivity contribution is -0.142. The number of amides is 2. The molecule has 5 heterocycles. The van der Waals surface area contributed by atoms with Gasteiger partial charge in [-0.2, -0.15) is 36.5 Å². The number of aromatic amines is 1. The van der Waals surface area contributed by atoms with Crippen molar-refractivity contribution in [2.45, 2.75) is 30.7 Å². The number of nitrogens with one attached hydrogen (secondary N) is 3. The van der Waals surface area contributed by atoms with Crippen LogP contribution in [0.25, 0.3) is 0 Å². The van der Waals surface area contributed by atoms with Crippen LogP contribution in [0.1, 0.15) is 59.2 Å². The van der Waals surface area contributed by atoms with Crippen molar-refractivity contribution in [2.24, 2.45) is 0 Å². The molecule has 358 valence electrons. The van der Waals surface area contributed by atoms with Crippen molar-refractivity contribution in [3.05, 3.63) is 216 Å². The first-order valence-electron chi connectivity index (χ1n) is 19.8. The van der Waals surface area contributed by atoms with Gasteiger partial charge in [-0.15, -0.1) is 23.2 Å². The van der Waals surface area contributed by atoms with Crippen molar-refractivity contribution in [2.75, 3.05) is 16.4 Å². The summed E-state index contributed by atoms with van der Waals surface area (Å²) in [6.45, 7) is 0.181. The van der Waals surface area contributed by atoms with Gasteiger partial charge in [0.25, 0.3) is 17.1 Å². The second-order valence-electron chi connectivity index (χ2n) is 13.7. The van der Waals surface area contributed by atoms with Crippen LogP contribution in [0.5, 0.6) is 0 Å². The molecule has 8 rings (SSSR count). The number of benzene rings is 3. The lowest BCUT2D eigenvalue weighted by atomic mass is 10.1. The van der Waals surface area contributed by atoms with Crippen LogP contribution < -0.4 is 16.4 Å². The average molecular weight is 1010 g/mol. The highest BCUT2D eigenvalue weighted by Crippen LogP contribution is 2.28. The normalized spacial score (nSPS) is 10.5. The van der Waals surface area contributed by atoms with E-state index in [4.69, 9.17) is 40.5 Å². The minimum atomic E-state index is -4.46. The maximum absolute atomic E-state index is 12.5. The number of nitrogens with zero attached hydrogens (tertiary/aromatic N) is 6. The quantitative estimate of drug-likeness (QED) is 0.0620. The lowest BCUT2D eigenvalue weighted by Crippen LogP contribution is -2.12. The maximum Gasteiger partial charge on any atom is 0.435 e. The molecule has 2 amide bonds. The molecule has 0 radical (unpaired) electrons. The molecule has 22 heteroatoms. The van der Waals surface area contributed by atoms with E-state index in [9.17, 15) is 40.7 Å². The van der Waals surface area contributed by atoms with Crippen LogP contribution in [-0.2, 0) is 30.7 Å². The molecular formula is C47H39Cl3F6N10O3. The summed E-state index contributed by atoms with van der Waals surface area (Å²) in [6.07, 6.45) is 3.27. The largest absolute Gasteiger partial charge is 0.435 e. The Kier molecular flexibility index (Phi) is 21.3. The van der Waals surface area contributed by atoms with Gasteiger partial charge in [-0.05, 0) is 113 Å². The minimum Gasteiger partial charge on any atom is -0.397 e. The molecule has 0 saturated heterocycles. The summed E-state index contributed by atoms with van der Waals surface area (Å²) < 4.78 is 73.5. The van der Waals surface area contributed by atoms with E-state index in [1.54, 1.807) is 133 Å². The lowest BCUT2D eigenvalue weighted by Gasteiger charge is -2.06. The van der Waals surface area contributed by atoms with E-state index in [1.165, 1.54) is 17.1 Å². The Morgan fingerprint density at radius 1 is 0.580 bits per heavy atom. The van der Waals surface area contributed by atoms with Crippen LogP contribution in [0.3, 0.4) is 0 Å². The van der Waals surface area contributed by atoms with Gasteiger partial charge >= 0.3 is 12.4 Å². The molecule has 0 aliphatic heterocycles. The van der Waals surface area contributed by atoms with E-state index in [1.807, 2.05) is 12.1 Å². The van der Waals surface area contributed by atoms with Gasteiger partial charge in [0.15, 0.2) is 5.69 Å². The highest BCUT2D eigenvalue weighted by Gasteiger charge is 2.33. The zero-order valence-corrected chi connectivity index (χ0v) is 37.9.